The average Bonchev–Trinajstić information content (AvgIpc) is 3.11. The Hall–Kier alpha value is -3.29. The summed E-state index contributed by atoms with van der Waals surface area (Å²) in [6.07, 6.45) is 0.461. The number of alkyl halides is 4. The number of amides is 1. The van der Waals surface area contributed by atoms with Crippen LogP contribution in [0, 0.1) is 6.92 Å². The molecule has 0 aromatic carbocycles. The van der Waals surface area contributed by atoms with Crippen molar-refractivity contribution in [1.29, 1.82) is 0 Å². The van der Waals surface area contributed by atoms with Gasteiger partial charge in [-0.25, -0.2) is 22.5 Å². The van der Waals surface area contributed by atoms with Gasteiger partial charge in [0.1, 0.15) is 11.5 Å². The van der Waals surface area contributed by atoms with E-state index in [9.17, 15) is 13.6 Å². The predicted molar refractivity (Wildman–Crippen MR) is 168 cm³/mol. The topological polar surface area (TPSA) is 74.3 Å². The van der Waals surface area contributed by atoms with Crippen molar-refractivity contribution in [3.05, 3.63) is 59.1 Å². The number of hydrogen-bond acceptors (Lipinski definition) is 8. The van der Waals surface area contributed by atoms with Gasteiger partial charge >= 0.3 is 0 Å². The van der Waals surface area contributed by atoms with Gasteiger partial charge in [0.25, 0.3) is 12.3 Å². The Balaban J connectivity index is 1.13. The first-order chi connectivity index (χ1) is 22.5. The number of piperidine rings is 1. The molecule has 254 valence electrons. The molecule has 5 aliphatic rings. The molecule has 4 saturated heterocycles. The molecule has 7 heterocycles. The van der Waals surface area contributed by atoms with Gasteiger partial charge in [0.05, 0.1) is 24.9 Å². The maximum absolute atomic E-state index is 15.4. The first-order valence-corrected chi connectivity index (χ1v) is 16.5. The van der Waals surface area contributed by atoms with E-state index in [1.807, 2.05) is 15.9 Å². The Morgan fingerprint density at radius 1 is 1.13 bits per heavy atom. The summed E-state index contributed by atoms with van der Waals surface area (Å²) in [7, 11) is 1.68. The summed E-state index contributed by atoms with van der Waals surface area (Å²) in [5.74, 6) is -2.69. The monoisotopic (exact) mass is 658 g/mol. The van der Waals surface area contributed by atoms with Gasteiger partial charge in [-0.15, -0.1) is 0 Å². The molecule has 2 aromatic heterocycles. The number of carbonyl (C=O) groups is 1. The Kier molecular flexibility index (Phi) is 8.45. The minimum atomic E-state index is -3.15. The molecular weight excluding hydrogens is 616 g/mol. The van der Waals surface area contributed by atoms with Gasteiger partial charge in [0.2, 0.25) is 5.91 Å². The molecule has 47 heavy (non-hydrogen) atoms. The fraction of sp³-hybridized carbons (Fsp3) is 0.618. The van der Waals surface area contributed by atoms with Gasteiger partial charge in [-0.3, -0.25) is 14.7 Å². The van der Waals surface area contributed by atoms with Gasteiger partial charge in [0.15, 0.2) is 5.60 Å². The minimum Gasteiger partial charge on any atom is -0.374 e. The number of rotatable bonds is 7. The van der Waals surface area contributed by atoms with Crippen molar-refractivity contribution in [2.45, 2.75) is 68.6 Å². The molecule has 0 aliphatic carbocycles. The van der Waals surface area contributed by atoms with E-state index >= 15 is 8.78 Å². The summed E-state index contributed by atoms with van der Waals surface area (Å²) in [5.41, 5.74) is 2.49. The van der Waals surface area contributed by atoms with Crippen LogP contribution in [0.25, 0.3) is 0 Å². The number of ether oxygens (including phenoxy) is 2. The predicted octanol–water partition coefficient (Wildman–Crippen LogP) is 4.45. The fourth-order valence-electron chi connectivity index (χ4n) is 8.28. The number of pyridine rings is 2. The molecule has 5 aliphatic heterocycles. The van der Waals surface area contributed by atoms with Crippen molar-refractivity contribution in [1.82, 2.24) is 19.8 Å². The number of methoxy groups -OCH3 is 1. The minimum absolute atomic E-state index is 0.0470. The van der Waals surface area contributed by atoms with Crippen molar-refractivity contribution in [2.24, 2.45) is 0 Å². The summed E-state index contributed by atoms with van der Waals surface area (Å²) >= 11 is 0. The van der Waals surface area contributed by atoms with E-state index in [1.54, 1.807) is 24.3 Å². The van der Waals surface area contributed by atoms with E-state index in [2.05, 4.69) is 23.4 Å². The normalized spacial score (nSPS) is 25.8. The molecule has 2 aromatic rings. The van der Waals surface area contributed by atoms with E-state index in [0.29, 0.717) is 70.5 Å². The second kappa shape index (κ2) is 12.3. The Morgan fingerprint density at radius 3 is 2.47 bits per heavy atom. The number of anilines is 2. The lowest BCUT2D eigenvalue weighted by molar-refractivity contribution is -0.205. The highest BCUT2D eigenvalue weighted by Crippen LogP contribution is 2.48. The van der Waals surface area contributed by atoms with Crippen LogP contribution in [0.5, 0.6) is 0 Å². The lowest BCUT2D eigenvalue weighted by atomic mass is 9.80. The third-order valence-corrected chi connectivity index (χ3v) is 11.0. The van der Waals surface area contributed by atoms with Gasteiger partial charge in [-0.2, -0.15) is 0 Å². The Bertz CT molecular complexity index is 1520. The first kappa shape index (κ1) is 32.3. The largest absolute Gasteiger partial charge is 0.374 e. The van der Waals surface area contributed by atoms with Crippen LogP contribution in [0.3, 0.4) is 0 Å². The maximum Gasteiger partial charge on any atom is 0.280 e. The maximum atomic E-state index is 15.4. The molecule has 0 saturated carbocycles. The third-order valence-electron chi connectivity index (χ3n) is 11.0. The number of piperazine rings is 1. The van der Waals surface area contributed by atoms with Crippen molar-refractivity contribution in [2.75, 3.05) is 75.9 Å². The highest BCUT2D eigenvalue weighted by molar-refractivity contribution is 5.87. The Morgan fingerprint density at radius 2 is 1.85 bits per heavy atom. The molecule has 1 amide bonds. The first-order valence-electron chi connectivity index (χ1n) is 16.5. The zero-order valence-corrected chi connectivity index (χ0v) is 26.9. The molecule has 9 nitrogen and oxygen atoms in total. The lowest BCUT2D eigenvalue weighted by Gasteiger charge is -2.55. The zero-order chi connectivity index (χ0) is 33.1. The van der Waals surface area contributed by atoms with Crippen LogP contribution in [0.4, 0.5) is 29.1 Å². The molecule has 0 bridgehead atoms. The number of nitrogens with zero attached hydrogens (tertiary/aromatic N) is 6. The van der Waals surface area contributed by atoms with E-state index in [4.69, 9.17) is 14.5 Å². The molecule has 7 rings (SSSR count). The second-order valence-corrected chi connectivity index (χ2v) is 13.6. The van der Waals surface area contributed by atoms with Crippen LogP contribution < -0.4 is 9.80 Å². The molecular formula is C34H42F4N6O3. The summed E-state index contributed by atoms with van der Waals surface area (Å²) in [4.78, 5) is 28.9. The fourth-order valence-corrected chi connectivity index (χ4v) is 8.28. The quantitative estimate of drug-likeness (QED) is 0.320. The molecule has 4 fully saturated rings. The van der Waals surface area contributed by atoms with E-state index in [0.717, 1.165) is 29.7 Å². The van der Waals surface area contributed by atoms with Crippen molar-refractivity contribution in [3.8, 4) is 0 Å². The molecule has 0 N–H and O–H groups in total. The summed E-state index contributed by atoms with van der Waals surface area (Å²) in [5, 5.41) is 0. The van der Waals surface area contributed by atoms with Crippen LogP contribution >= 0.6 is 0 Å². The molecule has 0 spiro atoms. The summed E-state index contributed by atoms with van der Waals surface area (Å²) in [6, 6.07) is 3.10. The van der Waals surface area contributed by atoms with Crippen LogP contribution in [-0.2, 0) is 26.3 Å². The number of hydrogen-bond donors (Lipinski definition) is 0. The highest BCUT2D eigenvalue weighted by Gasteiger charge is 2.52. The number of carbonyl (C=O) groups excluding carboxylic acids is 1. The SMILES string of the molecule is C=CC(=O)N1CCN([C@@H]2CN3c4cc(N5CCC(c6c(C)ccnc6C6(OC)COC6)CC5)nc(C(F)F)c4CC(F)(F)C[C@@H]23)CC1. The van der Waals surface area contributed by atoms with E-state index in [-0.39, 0.29) is 23.4 Å². The Labute approximate surface area is 272 Å². The van der Waals surface area contributed by atoms with Crippen molar-refractivity contribution in [3.63, 3.8) is 0 Å². The van der Waals surface area contributed by atoms with Gasteiger partial charge in [0, 0.05) is 95.3 Å². The number of aryl methyl sites for hydroxylation is 1. The average molecular weight is 659 g/mol. The molecule has 13 heteroatoms. The standard InChI is InChI=1S/C34H42F4N6O3/c1-4-28(45)43-13-11-41(12-14-43)26-18-44-24-15-27(40-30(32(35)36)23(24)16-34(37,38)17-25(26)44)42-9-6-22(7-10-42)29-21(2)5-8-39-31(29)33(46-3)19-47-20-33/h4-5,8,15,22,25-26,32H,1,6-7,9-14,16-20H2,2-3H3/t25-,26+/m0/s1. The number of halogens is 4. The number of aromatic nitrogens is 2. The smallest absolute Gasteiger partial charge is 0.280 e. The molecule has 0 radical (unpaired) electrons. The third kappa shape index (κ3) is 5.67. The van der Waals surface area contributed by atoms with E-state index < -0.39 is 42.5 Å². The van der Waals surface area contributed by atoms with Gasteiger partial charge in [-0.1, -0.05) is 6.58 Å². The summed E-state index contributed by atoms with van der Waals surface area (Å²) < 4.78 is 71.4. The second-order valence-electron chi connectivity index (χ2n) is 13.6. The van der Waals surface area contributed by atoms with Crippen molar-refractivity contribution < 1.29 is 31.8 Å². The highest BCUT2D eigenvalue weighted by atomic mass is 19.3. The van der Waals surface area contributed by atoms with E-state index in [1.165, 1.54) is 6.08 Å². The zero-order valence-electron chi connectivity index (χ0n) is 26.9. The van der Waals surface area contributed by atoms with Gasteiger partial charge in [-0.05, 0) is 49.0 Å². The summed E-state index contributed by atoms with van der Waals surface area (Å²) in [6.45, 7) is 10.3. The molecule has 0 unspecified atom stereocenters. The molecule has 2 atom stereocenters. The van der Waals surface area contributed by atoms with Crippen molar-refractivity contribution >= 4 is 17.4 Å². The lowest BCUT2D eigenvalue weighted by Crippen LogP contribution is -2.70. The van der Waals surface area contributed by atoms with Crippen LogP contribution in [-0.4, -0.2) is 110 Å². The van der Waals surface area contributed by atoms with Crippen LogP contribution in [0.1, 0.15) is 59.7 Å². The van der Waals surface area contributed by atoms with Gasteiger partial charge < -0.3 is 24.2 Å². The van der Waals surface area contributed by atoms with Crippen LogP contribution in [0.2, 0.25) is 0 Å². The van der Waals surface area contributed by atoms with Crippen LogP contribution in [0.15, 0.2) is 31.0 Å². The number of fused-ring (bicyclic) bond motifs is 3.